The number of nitrogens with two attached hydrogens (primary N) is 1. The summed E-state index contributed by atoms with van der Waals surface area (Å²) in [6, 6.07) is 8.91. The van der Waals surface area contributed by atoms with Crippen LogP contribution in [0.1, 0.15) is 32.3 Å². The van der Waals surface area contributed by atoms with Crippen molar-refractivity contribution in [2.45, 2.75) is 50.2 Å². The molecule has 1 unspecified atom stereocenters. The van der Waals surface area contributed by atoms with Crippen LogP contribution >= 0.6 is 11.8 Å². The number of hydrazine groups is 1. The standard InChI is InChI=1S/C15H26N2OS/c1-12-5-7-14(8-6-12)19-11-13(17-16)9-10-15(2,3)18-4/h5-8,13,17H,9-11,16H2,1-4H3. The van der Waals surface area contributed by atoms with Crippen LogP contribution in [0.3, 0.4) is 0 Å². The van der Waals surface area contributed by atoms with Gasteiger partial charge in [0.2, 0.25) is 0 Å². The highest BCUT2D eigenvalue weighted by Gasteiger charge is 2.18. The minimum Gasteiger partial charge on any atom is -0.379 e. The molecule has 0 aliphatic heterocycles. The summed E-state index contributed by atoms with van der Waals surface area (Å²) < 4.78 is 5.43. The van der Waals surface area contributed by atoms with Crippen LogP contribution in [0.2, 0.25) is 0 Å². The first-order valence-corrected chi connectivity index (χ1v) is 7.66. The molecule has 1 aromatic carbocycles. The summed E-state index contributed by atoms with van der Waals surface area (Å²) in [5, 5.41) is 0. The van der Waals surface area contributed by atoms with Gasteiger partial charge in [-0.15, -0.1) is 11.8 Å². The third-order valence-electron chi connectivity index (χ3n) is 3.36. The van der Waals surface area contributed by atoms with E-state index in [2.05, 4.69) is 50.5 Å². The summed E-state index contributed by atoms with van der Waals surface area (Å²) >= 11 is 1.84. The van der Waals surface area contributed by atoms with Crippen LogP contribution in [-0.4, -0.2) is 24.5 Å². The van der Waals surface area contributed by atoms with Gasteiger partial charge >= 0.3 is 0 Å². The van der Waals surface area contributed by atoms with Crippen molar-refractivity contribution < 1.29 is 4.74 Å². The Labute approximate surface area is 121 Å². The van der Waals surface area contributed by atoms with Gasteiger partial charge in [0.05, 0.1) is 5.60 Å². The van der Waals surface area contributed by atoms with Crippen LogP contribution in [0, 0.1) is 6.92 Å². The monoisotopic (exact) mass is 282 g/mol. The number of hydrogen-bond donors (Lipinski definition) is 2. The molecule has 108 valence electrons. The Kier molecular flexibility index (Phi) is 6.86. The van der Waals surface area contributed by atoms with Gasteiger partial charge in [0.1, 0.15) is 0 Å². The Balaban J connectivity index is 2.38. The first kappa shape index (κ1) is 16.5. The van der Waals surface area contributed by atoms with E-state index >= 15 is 0 Å². The van der Waals surface area contributed by atoms with Gasteiger partial charge in [0.25, 0.3) is 0 Å². The van der Waals surface area contributed by atoms with Crippen LogP contribution in [0.5, 0.6) is 0 Å². The third-order valence-corrected chi connectivity index (χ3v) is 4.53. The molecule has 0 bridgehead atoms. The van der Waals surface area contributed by atoms with Crippen molar-refractivity contribution in [2.75, 3.05) is 12.9 Å². The van der Waals surface area contributed by atoms with E-state index in [1.807, 2.05) is 11.8 Å². The molecule has 0 aliphatic carbocycles. The Hall–Kier alpha value is -0.550. The maximum absolute atomic E-state index is 5.63. The highest BCUT2D eigenvalue weighted by atomic mass is 32.2. The zero-order chi connectivity index (χ0) is 14.3. The van der Waals surface area contributed by atoms with Crippen LogP contribution in [0.25, 0.3) is 0 Å². The SMILES string of the molecule is COC(C)(C)CCC(CSc1ccc(C)cc1)NN. The van der Waals surface area contributed by atoms with E-state index in [4.69, 9.17) is 10.6 Å². The van der Waals surface area contributed by atoms with Crippen molar-refractivity contribution in [3.05, 3.63) is 29.8 Å². The normalized spacial score (nSPS) is 13.5. The summed E-state index contributed by atoms with van der Waals surface area (Å²) in [7, 11) is 1.76. The van der Waals surface area contributed by atoms with E-state index in [1.54, 1.807) is 7.11 Å². The summed E-state index contributed by atoms with van der Waals surface area (Å²) in [5.41, 5.74) is 4.12. The second-order valence-corrected chi connectivity index (χ2v) is 6.58. The first-order valence-electron chi connectivity index (χ1n) is 6.67. The largest absolute Gasteiger partial charge is 0.379 e. The molecule has 0 saturated carbocycles. The molecule has 1 aromatic rings. The van der Waals surface area contributed by atoms with E-state index in [0.717, 1.165) is 18.6 Å². The lowest BCUT2D eigenvalue weighted by Crippen LogP contribution is -2.38. The maximum atomic E-state index is 5.63. The molecule has 0 spiro atoms. The summed E-state index contributed by atoms with van der Waals surface area (Å²) in [4.78, 5) is 1.29. The van der Waals surface area contributed by atoms with Crippen molar-refractivity contribution in [3.63, 3.8) is 0 Å². The lowest BCUT2D eigenvalue weighted by molar-refractivity contribution is 0.0122. The van der Waals surface area contributed by atoms with Crippen LogP contribution < -0.4 is 11.3 Å². The number of aryl methyl sites for hydroxylation is 1. The van der Waals surface area contributed by atoms with E-state index in [-0.39, 0.29) is 5.60 Å². The van der Waals surface area contributed by atoms with E-state index in [1.165, 1.54) is 10.5 Å². The number of rotatable bonds is 8. The average Bonchev–Trinajstić information content (AvgIpc) is 2.41. The van der Waals surface area contributed by atoms with Crippen molar-refractivity contribution in [1.29, 1.82) is 0 Å². The Bertz CT molecular complexity index is 365. The summed E-state index contributed by atoms with van der Waals surface area (Å²) in [6.07, 6.45) is 2.00. The number of hydrogen-bond acceptors (Lipinski definition) is 4. The first-order chi connectivity index (χ1) is 8.96. The van der Waals surface area contributed by atoms with Gasteiger partial charge in [-0.1, -0.05) is 17.7 Å². The molecule has 0 amide bonds. The van der Waals surface area contributed by atoms with Crippen molar-refractivity contribution in [2.24, 2.45) is 5.84 Å². The summed E-state index contributed by atoms with van der Waals surface area (Å²) in [5.74, 6) is 6.60. The molecule has 1 rings (SSSR count). The molecule has 19 heavy (non-hydrogen) atoms. The molecule has 0 saturated heterocycles. The van der Waals surface area contributed by atoms with Gasteiger partial charge in [0.15, 0.2) is 0 Å². The molecular formula is C15H26N2OS. The van der Waals surface area contributed by atoms with Gasteiger partial charge in [-0.3, -0.25) is 11.3 Å². The Morgan fingerprint density at radius 1 is 1.32 bits per heavy atom. The van der Waals surface area contributed by atoms with E-state index in [0.29, 0.717) is 6.04 Å². The highest BCUT2D eigenvalue weighted by Crippen LogP contribution is 2.22. The average molecular weight is 282 g/mol. The van der Waals surface area contributed by atoms with Gasteiger partial charge in [0, 0.05) is 23.8 Å². The molecule has 0 heterocycles. The van der Waals surface area contributed by atoms with Crippen LogP contribution in [0.15, 0.2) is 29.2 Å². The fourth-order valence-electron chi connectivity index (χ4n) is 1.67. The zero-order valence-corrected chi connectivity index (χ0v) is 13.2. The second-order valence-electron chi connectivity index (χ2n) is 5.49. The number of methoxy groups -OCH3 is 1. The maximum Gasteiger partial charge on any atom is 0.0623 e. The Morgan fingerprint density at radius 2 is 1.95 bits per heavy atom. The second kappa shape index (κ2) is 7.90. The minimum atomic E-state index is -0.0797. The fraction of sp³-hybridized carbons (Fsp3) is 0.600. The van der Waals surface area contributed by atoms with Gasteiger partial charge in [-0.2, -0.15) is 0 Å². The molecule has 1 atom stereocenters. The van der Waals surface area contributed by atoms with Gasteiger partial charge in [-0.25, -0.2) is 0 Å². The van der Waals surface area contributed by atoms with Crippen molar-refractivity contribution >= 4 is 11.8 Å². The predicted molar refractivity (Wildman–Crippen MR) is 83.3 cm³/mol. The quantitative estimate of drug-likeness (QED) is 0.437. The van der Waals surface area contributed by atoms with Crippen LogP contribution in [0.4, 0.5) is 0 Å². The minimum absolute atomic E-state index is 0.0797. The molecule has 3 N–H and O–H groups in total. The zero-order valence-electron chi connectivity index (χ0n) is 12.4. The number of nitrogens with one attached hydrogen (secondary N) is 1. The van der Waals surface area contributed by atoms with E-state index < -0.39 is 0 Å². The molecule has 0 radical (unpaired) electrons. The predicted octanol–water partition coefficient (Wildman–Crippen LogP) is 3.12. The molecule has 4 heteroatoms. The lowest BCUT2D eigenvalue weighted by atomic mass is 10.00. The molecule has 3 nitrogen and oxygen atoms in total. The number of benzene rings is 1. The van der Waals surface area contributed by atoms with Gasteiger partial charge < -0.3 is 4.74 Å². The molecule has 0 aromatic heterocycles. The smallest absolute Gasteiger partial charge is 0.0623 e. The highest BCUT2D eigenvalue weighted by molar-refractivity contribution is 7.99. The van der Waals surface area contributed by atoms with E-state index in [9.17, 15) is 0 Å². The lowest BCUT2D eigenvalue weighted by Gasteiger charge is -2.25. The molecular weight excluding hydrogens is 256 g/mol. The van der Waals surface area contributed by atoms with Gasteiger partial charge in [-0.05, 0) is 45.7 Å². The summed E-state index contributed by atoms with van der Waals surface area (Å²) in [6.45, 7) is 6.31. The van der Waals surface area contributed by atoms with Crippen molar-refractivity contribution in [3.8, 4) is 0 Å². The number of thioether (sulfide) groups is 1. The Morgan fingerprint density at radius 3 is 2.47 bits per heavy atom. The van der Waals surface area contributed by atoms with Crippen molar-refractivity contribution in [1.82, 2.24) is 5.43 Å². The fourth-order valence-corrected chi connectivity index (χ4v) is 2.66. The molecule has 0 aliphatic rings. The number of ether oxygens (including phenoxy) is 1. The third kappa shape index (κ3) is 6.43. The molecule has 0 fully saturated rings. The topological polar surface area (TPSA) is 47.3 Å². The van der Waals surface area contributed by atoms with Crippen LogP contribution in [-0.2, 0) is 4.74 Å².